The van der Waals surface area contributed by atoms with Crippen LogP contribution in [0.1, 0.15) is 12.5 Å². The van der Waals surface area contributed by atoms with Crippen LogP contribution in [0.25, 0.3) is 0 Å². The van der Waals surface area contributed by atoms with Gasteiger partial charge in [-0.15, -0.1) is 23.2 Å². The second-order valence-electron chi connectivity index (χ2n) is 2.59. The third-order valence-corrected chi connectivity index (χ3v) is 1.93. The first-order valence-corrected chi connectivity index (χ1v) is 4.85. The molecule has 0 saturated heterocycles. The number of alkyl halides is 2. The monoisotopic (exact) mass is 204 g/mol. The lowest BCUT2D eigenvalue weighted by Gasteiger charge is -1.85. The molecule has 0 saturated carbocycles. The molecule has 0 N–H and O–H groups in total. The van der Waals surface area contributed by atoms with E-state index in [1.807, 2.05) is 25.1 Å². The Kier molecular flexibility index (Phi) is 7.33. The molecule has 0 radical (unpaired) electrons. The van der Waals surface area contributed by atoms with E-state index < -0.39 is 0 Å². The highest BCUT2D eigenvalue weighted by molar-refractivity contribution is 6.27. The van der Waals surface area contributed by atoms with E-state index in [4.69, 9.17) is 23.2 Å². The van der Waals surface area contributed by atoms with Crippen LogP contribution in [-0.2, 0) is 0 Å². The van der Waals surface area contributed by atoms with Gasteiger partial charge in [0.1, 0.15) is 0 Å². The minimum Gasteiger partial charge on any atom is -0.125 e. The van der Waals surface area contributed by atoms with Gasteiger partial charge in [-0.2, -0.15) is 0 Å². The maximum atomic E-state index is 5.33. The van der Waals surface area contributed by atoms with Crippen molar-refractivity contribution in [3.8, 4) is 0 Å². The number of hydrogen-bond acceptors (Lipinski definition) is 0. The average Bonchev–Trinajstić information content (AvgIpc) is 2.07. The van der Waals surface area contributed by atoms with Gasteiger partial charge in [0.15, 0.2) is 0 Å². The molecule has 2 heteroatoms. The zero-order valence-electron chi connectivity index (χ0n) is 7.43. The fourth-order valence-electron chi connectivity index (χ4n) is 0.534. The van der Waals surface area contributed by atoms with Crippen LogP contribution < -0.4 is 0 Å². The van der Waals surface area contributed by atoms with Gasteiger partial charge in [-0.3, -0.25) is 0 Å². The van der Waals surface area contributed by atoms with Gasteiger partial charge in [-0.25, -0.2) is 0 Å². The average molecular weight is 205 g/mol. The first-order valence-electron chi connectivity index (χ1n) is 3.88. The maximum Gasteiger partial charge on any atom is 0.0443 e. The van der Waals surface area contributed by atoms with Crippen LogP contribution in [0.15, 0.2) is 30.3 Å². The topological polar surface area (TPSA) is 0 Å². The predicted molar refractivity (Wildman–Crippen MR) is 57.2 cm³/mol. The molecule has 1 atom stereocenters. The van der Waals surface area contributed by atoms with Crippen molar-refractivity contribution in [2.75, 3.05) is 5.88 Å². The first kappa shape index (κ1) is 11.8. The molecular weight excluding hydrogens is 191 g/mol. The van der Waals surface area contributed by atoms with Gasteiger partial charge in [-0.05, 0) is 13.8 Å². The van der Waals surface area contributed by atoms with Crippen molar-refractivity contribution in [2.24, 2.45) is 0 Å². The van der Waals surface area contributed by atoms with E-state index in [-0.39, 0.29) is 5.38 Å². The van der Waals surface area contributed by atoms with Gasteiger partial charge in [0.05, 0.1) is 0 Å². The number of rotatable bonds is 1. The van der Waals surface area contributed by atoms with Gasteiger partial charge < -0.3 is 0 Å². The molecule has 1 aromatic carbocycles. The molecule has 0 bridgehead atoms. The summed E-state index contributed by atoms with van der Waals surface area (Å²) in [5.74, 6) is 0.543. The summed E-state index contributed by atoms with van der Waals surface area (Å²) in [5.41, 5.74) is 1.32. The van der Waals surface area contributed by atoms with Crippen molar-refractivity contribution in [3.63, 3.8) is 0 Å². The normalized spacial score (nSPS) is 11.3. The number of benzene rings is 1. The fraction of sp³-hybridized carbons (Fsp3) is 0.400. The molecule has 0 spiro atoms. The Morgan fingerprint density at radius 2 is 1.67 bits per heavy atom. The Balaban J connectivity index is 0.000000217. The second-order valence-corrected chi connectivity index (χ2v) is 3.64. The van der Waals surface area contributed by atoms with Crippen LogP contribution in [0.5, 0.6) is 0 Å². The zero-order valence-corrected chi connectivity index (χ0v) is 8.94. The Morgan fingerprint density at radius 1 is 1.25 bits per heavy atom. The molecular formula is C10H14Cl2. The Morgan fingerprint density at radius 3 is 1.83 bits per heavy atom. The minimum absolute atomic E-state index is 0.122. The Labute approximate surface area is 84.5 Å². The van der Waals surface area contributed by atoms with Crippen LogP contribution >= 0.6 is 23.2 Å². The molecule has 0 heterocycles. The van der Waals surface area contributed by atoms with Crippen LogP contribution in [-0.4, -0.2) is 11.3 Å². The van der Waals surface area contributed by atoms with Gasteiger partial charge in [0.2, 0.25) is 0 Å². The lowest BCUT2D eigenvalue weighted by atomic mass is 10.2. The Bertz CT molecular complexity index is 182. The van der Waals surface area contributed by atoms with Crippen molar-refractivity contribution in [1.29, 1.82) is 0 Å². The molecule has 12 heavy (non-hydrogen) atoms. The van der Waals surface area contributed by atoms with E-state index in [9.17, 15) is 0 Å². The van der Waals surface area contributed by atoms with Gasteiger partial charge in [0.25, 0.3) is 0 Å². The summed E-state index contributed by atoms with van der Waals surface area (Å²) in [4.78, 5) is 0. The van der Waals surface area contributed by atoms with E-state index in [0.717, 1.165) is 0 Å². The summed E-state index contributed by atoms with van der Waals surface area (Å²) in [7, 11) is 0. The molecule has 1 rings (SSSR count). The third-order valence-electron chi connectivity index (χ3n) is 1.15. The number of hydrogen-bond donors (Lipinski definition) is 0. The number of aryl methyl sites for hydroxylation is 1. The van der Waals surface area contributed by atoms with Crippen LogP contribution in [0, 0.1) is 6.92 Å². The number of halogens is 2. The predicted octanol–water partition coefficient (Wildman–Crippen LogP) is 3.85. The molecule has 1 unspecified atom stereocenters. The van der Waals surface area contributed by atoms with Crippen molar-refractivity contribution < 1.29 is 0 Å². The van der Waals surface area contributed by atoms with E-state index in [1.54, 1.807) is 0 Å². The van der Waals surface area contributed by atoms with Crippen molar-refractivity contribution >= 4 is 23.2 Å². The van der Waals surface area contributed by atoms with Gasteiger partial charge in [-0.1, -0.05) is 35.9 Å². The fourth-order valence-corrected chi connectivity index (χ4v) is 0.534. The molecule has 1 aromatic rings. The zero-order chi connectivity index (χ0) is 9.40. The quantitative estimate of drug-likeness (QED) is 0.611. The van der Waals surface area contributed by atoms with Crippen LogP contribution in [0.4, 0.5) is 0 Å². The maximum absolute atomic E-state index is 5.33. The second kappa shape index (κ2) is 7.45. The summed E-state index contributed by atoms with van der Waals surface area (Å²) in [6.45, 7) is 3.94. The molecule has 0 aliphatic heterocycles. The molecule has 0 fully saturated rings. The van der Waals surface area contributed by atoms with Gasteiger partial charge >= 0.3 is 0 Å². The molecule has 68 valence electrons. The lowest BCUT2D eigenvalue weighted by Crippen LogP contribution is -1.87. The standard InChI is InChI=1S/C7H8.C3H6Cl2/c1-7-5-3-2-4-6-7;1-3(5)2-4/h2-6H,1H3;3H,2H2,1H3. The highest BCUT2D eigenvalue weighted by Crippen LogP contribution is 1.93. The largest absolute Gasteiger partial charge is 0.125 e. The lowest BCUT2D eigenvalue weighted by molar-refractivity contribution is 1.11. The summed E-state index contributed by atoms with van der Waals surface area (Å²) < 4.78 is 0. The minimum atomic E-state index is 0.122. The van der Waals surface area contributed by atoms with E-state index in [2.05, 4.69) is 19.1 Å². The summed E-state index contributed by atoms with van der Waals surface area (Å²) in [5, 5.41) is 0.122. The summed E-state index contributed by atoms with van der Waals surface area (Å²) >= 11 is 10.5. The summed E-state index contributed by atoms with van der Waals surface area (Å²) in [6.07, 6.45) is 0. The molecule has 0 nitrogen and oxygen atoms in total. The smallest absolute Gasteiger partial charge is 0.0443 e. The van der Waals surface area contributed by atoms with Gasteiger partial charge in [0, 0.05) is 11.3 Å². The van der Waals surface area contributed by atoms with E-state index in [1.165, 1.54) is 5.56 Å². The summed E-state index contributed by atoms with van der Waals surface area (Å²) in [6, 6.07) is 10.3. The molecule has 0 aromatic heterocycles. The Hall–Kier alpha value is -0.200. The molecule has 0 aliphatic rings. The van der Waals surface area contributed by atoms with Crippen molar-refractivity contribution in [1.82, 2.24) is 0 Å². The highest BCUT2D eigenvalue weighted by atomic mass is 35.5. The third kappa shape index (κ3) is 7.90. The molecule has 0 amide bonds. The van der Waals surface area contributed by atoms with E-state index in [0.29, 0.717) is 5.88 Å². The van der Waals surface area contributed by atoms with Crippen LogP contribution in [0.2, 0.25) is 0 Å². The highest BCUT2D eigenvalue weighted by Gasteiger charge is 1.85. The SMILES string of the molecule is CC(Cl)CCl.Cc1ccccc1. The van der Waals surface area contributed by atoms with Crippen molar-refractivity contribution in [3.05, 3.63) is 35.9 Å². The van der Waals surface area contributed by atoms with Crippen molar-refractivity contribution in [2.45, 2.75) is 19.2 Å². The van der Waals surface area contributed by atoms with E-state index >= 15 is 0 Å². The van der Waals surface area contributed by atoms with Crippen LogP contribution in [0.3, 0.4) is 0 Å². The molecule has 0 aliphatic carbocycles. The first-order chi connectivity index (χ1) is 5.66.